The number of aromatic hydroxyl groups is 4. The zero-order valence-corrected chi connectivity index (χ0v) is 27.5. The normalized spacial score (nSPS) is 27.5. The average Bonchev–Trinajstić information content (AvgIpc) is 3.13. The van der Waals surface area contributed by atoms with Crippen molar-refractivity contribution in [2.45, 2.75) is 61.7 Å². The molecule has 2 aliphatic rings. The van der Waals surface area contributed by atoms with Crippen molar-refractivity contribution in [1.29, 1.82) is 0 Å². The molecule has 1 aromatic heterocycles. The number of phenolic OH excluding ortho intramolecular Hbond substituents is 4. The molecule has 17 nitrogen and oxygen atoms in total. The standard InChI is InChI=1S/C36H36O17/c37-14-25-29(44)31(46)32(47)36(51-25)50-23-13-22(42)35(52-26(23)15-48-27(43)10-3-16-1-6-18(38)7-2-16)53-34-30(45)28-21(41)11-20(40)12-24(28)49-33(34)17-4-8-19(39)9-5-17/h1-12,22-23,25-26,29,31-32,35-42,44,46-47H,13-15H2/b10-3+/t22?,23-,25?,26?,29+,31?,32?,35-,36+/m0/s1. The number of ether oxygens (including phenoxy) is 5. The number of benzene rings is 3. The Morgan fingerprint density at radius 2 is 1.47 bits per heavy atom. The highest BCUT2D eigenvalue weighted by Gasteiger charge is 2.48. The lowest BCUT2D eigenvalue weighted by Gasteiger charge is -2.44. The van der Waals surface area contributed by atoms with E-state index in [1.54, 1.807) is 12.1 Å². The fourth-order valence-electron chi connectivity index (χ4n) is 5.86. The molecule has 53 heavy (non-hydrogen) atoms. The molecular weight excluding hydrogens is 704 g/mol. The highest BCUT2D eigenvalue weighted by Crippen LogP contribution is 2.38. The van der Waals surface area contributed by atoms with Crippen LogP contribution in [0.3, 0.4) is 0 Å². The smallest absolute Gasteiger partial charge is 0.330 e. The van der Waals surface area contributed by atoms with E-state index in [4.69, 9.17) is 28.1 Å². The van der Waals surface area contributed by atoms with Gasteiger partial charge in [0, 0.05) is 30.2 Å². The van der Waals surface area contributed by atoms with Crippen molar-refractivity contribution < 1.29 is 78.9 Å². The van der Waals surface area contributed by atoms with Crippen LogP contribution in [0.25, 0.3) is 28.4 Å². The predicted molar refractivity (Wildman–Crippen MR) is 180 cm³/mol. The fraction of sp³-hybridized carbons (Fsp3) is 0.333. The first-order valence-corrected chi connectivity index (χ1v) is 16.2. The fourth-order valence-corrected chi connectivity index (χ4v) is 5.86. The van der Waals surface area contributed by atoms with E-state index in [2.05, 4.69) is 0 Å². The molecule has 2 aliphatic heterocycles. The van der Waals surface area contributed by atoms with Gasteiger partial charge in [0.1, 0.15) is 77.2 Å². The van der Waals surface area contributed by atoms with Gasteiger partial charge in [-0.3, -0.25) is 4.79 Å². The molecule has 3 heterocycles. The number of aliphatic hydroxyl groups is 5. The number of phenols is 4. The van der Waals surface area contributed by atoms with E-state index in [0.717, 1.165) is 18.2 Å². The van der Waals surface area contributed by atoms with Crippen LogP contribution in [0.2, 0.25) is 0 Å². The van der Waals surface area contributed by atoms with Crippen LogP contribution in [0, 0.1) is 0 Å². The van der Waals surface area contributed by atoms with Gasteiger partial charge in [-0.15, -0.1) is 0 Å². The third kappa shape index (κ3) is 8.22. The van der Waals surface area contributed by atoms with E-state index < -0.39 is 97.2 Å². The van der Waals surface area contributed by atoms with E-state index in [0.29, 0.717) is 5.56 Å². The second-order valence-electron chi connectivity index (χ2n) is 12.4. The van der Waals surface area contributed by atoms with Gasteiger partial charge in [0.2, 0.25) is 17.5 Å². The lowest BCUT2D eigenvalue weighted by molar-refractivity contribution is -0.336. The van der Waals surface area contributed by atoms with Crippen molar-refractivity contribution in [1.82, 2.24) is 0 Å². The Bertz CT molecular complexity index is 1990. The van der Waals surface area contributed by atoms with Crippen molar-refractivity contribution in [3.8, 4) is 40.1 Å². The molecule has 17 heteroatoms. The summed E-state index contributed by atoms with van der Waals surface area (Å²) in [6, 6.07) is 13.3. The summed E-state index contributed by atoms with van der Waals surface area (Å²) in [6.07, 6.45) is -12.0. The van der Waals surface area contributed by atoms with E-state index in [1.165, 1.54) is 42.5 Å². The molecule has 0 saturated carbocycles. The van der Waals surface area contributed by atoms with Gasteiger partial charge in [-0.2, -0.15) is 0 Å². The summed E-state index contributed by atoms with van der Waals surface area (Å²) in [6.45, 7) is -1.31. The van der Waals surface area contributed by atoms with Gasteiger partial charge < -0.3 is 74.1 Å². The predicted octanol–water partition coefficient (Wildman–Crippen LogP) is 0.579. The van der Waals surface area contributed by atoms with Gasteiger partial charge >= 0.3 is 5.97 Å². The Morgan fingerprint density at radius 1 is 0.811 bits per heavy atom. The van der Waals surface area contributed by atoms with Gasteiger partial charge in [-0.05, 0) is 48.0 Å². The molecule has 0 bridgehead atoms. The molecule has 3 aromatic carbocycles. The summed E-state index contributed by atoms with van der Waals surface area (Å²) in [5.74, 6) is -2.76. The van der Waals surface area contributed by atoms with E-state index in [-0.39, 0.29) is 40.2 Å². The zero-order valence-electron chi connectivity index (χ0n) is 27.5. The van der Waals surface area contributed by atoms with Crippen molar-refractivity contribution in [3.05, 3.63) is 82.5 Å². The summed E-state index contributed by atoms with van der Waals surface area (Å²) < 4.78 is 34.6. The zero-order chi connectivity index (χ0) is 38.0. The number of carbonyl (C=O) groups excluding carboxylic acids is 1. The maximum atomic E-state index is 13.8. The van der Waals surface area contributed by atoms with E-state index in [9.17, 15) is 55.5 Å². The minimum Gasteiger partial charge on any atom is -0.508 e. The van der Waals surface area contributed by atoms with Crippen molar-refractivity contribution >= 4 is 23.0 Å². The monoisotopic (exact) mass is 740 g/mol. The van der Waals surface area contributed by atoms with Gasteiger partial charge in [0.15, 0.2) is 12.1 Å². The largest absolute Gasteiger partial charge is 0.508 e. The van der Waals surface area contributed by atoms with Gasteiger partial charge in [-0.25, -0.2) is 4.79 Å². The van der Waals surface area contributed by atoms with Crippen LogP contribution in [-0.4, -0.2) is 120 Å². The molecule has 9 atom stereocenters. The van der Waals surface area contributed by atoms with E-state index >= 15 is 0 Å². The van der Waals surface area contributed by atoms with Crippen LogP contribution in [0.1, 0.15) is 12.0 Å². The highest BCUT2D eigenvalue weighted by atomic mass is 16.7. The topological polar surface area (TPSA) is 275 Å². The molecule has 2 fully saturated rings. The summed E-state index contributed by atoms with van der Waals surface area (Å²) in [5.41, 5.74) is -0.371. The minimum absolute atomic E-state index is 0.0244. The number of fused-ring (bicyclic) bond motifs is 1. The van der Waals surface area contributed by atoms with Crippen LogP contribution < -0.4 is 10.2 Å². The van der Waals surface area contributed by atoms with Crippen LogP contribution in [0.15, 0.2) is 76.0 Å². The summed E-state index contributed by atoms with van der Waals surface area (Å²) >= 11 is 0. The molecule has 0 spiro atoms. The number of aliphatic hydroxyl groups excluding tert-OH is 5. The lowest BCUT2D eigenvalue weighted by Crippen LogP contribution is -2.61. The Kier molecular flexibility index (Phi) is 11.2. The number of hydrogen-bond donors (Lipinski definition) is 9. The maximum absolute atomic E-state index is 13.8. The number of hydrogen-bond acceptors (Lipinski definition) is 17. The Labute approximate surface area is 299 Å². The third-order valence-corrected chi connectivity index (χ3v) is 8.64. The first kappa shape index (κ1) is 37.5. The highest BCUT2D eigenvalue weighted by molar-refractivity contribution is 5.88. The molecule has 282 valence electrons. The van der Waals surface area contributed by atoms with E-state index in [1.807, 2.05) is 0 Å². The number of esters is 1. The molecule has 0 aliphatic carbocycles. The van der Waals surface area contributed by atoms with Gasteiger partial charge in [0.05, 0.1) is 12.7 Å². The van der Waals surface area contributed by atoms with Gasteiger partial charge in [-0.1, -0.05) is 12.1 Å². The Hall–Kier alpha value is -5.24. The molecule has 2 saturated heterocycles. The second-order valence-corrected chi connectivity index (χ2v) is 12.4. The minimum atomic E-state index is -1.82. The lowest BCUT2D eigenvalue weighted by atomic mass is 9.98. The quantitative estimate of drug-likeness (QED) is 0.0794. The third-order valence-electron chi connectivity index (χ3n) is 8.64. The van der Waals surface area contributed by atoms with Crippen molar-refractivity contribution in [3.63, 3.8) is 0 Å². The van der Waals surface area contributed by atoms with Crippen molar-refractivity contribution in [2.24, 2.45) is 0 Å². The number of carbonyl (C=O) groups is 1. The molecule has 6 rings (SSSR count). The van der Waals surface area contributed by atoms with Gasteiger partial charge in [0.25, 0.3) is 0 Å². The maximum Gasteiger partial charge on any atom is 0.330 e. The second kappa shape index (κ2) is 15.8. The molecule has 4 aromatic rings. The Balaban J connectivity index is 1.30. The average molecular weight is 741 g/mol. The van der Waals surface area contributed by atoms with Crippen molar-refractivity contribution in [2.75, 3.05) is 13.2 Å². The summed E-state index contributed by atoms with van der Waals surface area (Å²) in [4.78, 5) is 26.6. The first-order chi connectivity index (χ1) is 25.3. The van der Waals surface area contributed by atoms with Crippen LogP contribution in [0.5, 0.6) is 28.7 Å². The molecule has 0 radical (unpaired) electrons. The van der Waals surface area contributed by atoms with Crippen LogP contribution >= 0.6 is 0 Å². The van der Waals surface area contributed by atoms with Crippen LogP contribution in [0.4, 0.5) is 0 Å². The SMILES string of the molecule is O=C(/C=C/c1ccc(O)cc1)OCC1O[C@@H](Oc2c(-c3ccc(O)cc3)oc3cc(O)cc(O)c3c2=O)C(O)C[C@@H]1O[C@@H]1OC(CO)[C@@H](O)C(O)C1O. The van der Waals surface area contributed by atoms with Crippen LogP contribution in [-0.2, 0) is 23.7 Å². The molecule has 9 N–H and O–H groups in total. The first-order valence-electron chi connectivity index (χ1n) is 16.2. The Morgan fingerprint density at radius 3 is 2.15 bits per heavy atom. The summed E-state index contributed by atoms with van der Waals surface area (Å²) in [5, 5.41) is 91.5. The molecule has 5 unspecified atom stereocenters. The summed E-state index contributed by atoms with van der Waals surface area (Å²) in [7, 11) is 0. The molecule has 0 amide bonds. The molecular formula is C36H36O17. The number of rotatable bonds is 10.